The molecule has 0 spiro atoms. The van der Waals surface area contributed by atoms with Gasteiger partial charge in [-0.2, -0.15) is 4.68 Å². The van der Waals surface area contributed by atoms with E-state index in [1.165, 1.54) is 11.1 Å². The third kappa shape index (κ3) is 4.77. The predicted octanol–water partition coefficient (Wildman–Crippen LogP) is 3.66. The maximum Gasteiger partial charge on any atom is 0.252 e. The van der Waals surface area contributed by atoms with Crippen molar-refractivity contribution in [2.75, 3.05) is 6.54 Å². The summed E-state index contributed by atoms with van der Waals surface area (Å²) in [6.07, 6.45) is 16.8. The van der Waals surface area contributed by atoms with Gasteiger partial charge in [0.15, 0.2) is 5.82 Å². The van der Waals surface area contributed by atoms with Crippen molar-refractivity contribution in [1.82, 2.24) is 24.7 Å². The van der Waals surface area contributed by atoms with Crippen LogP contribution in [0.25, 0.3) is 5.95 Å². The average molecular weight is 364 g/mol. The van der Waals surface area contributed by atoms with Gasteiger partial charge < -0.3 is 5.73 Å². The molecule has 0 aromatic carbocycles. The van der Waals surface area contributed by atoms with Crippen molar-refractivity contribution in [3.63, 3.8) is 0 Å². The van der Waals surface area contributed by atoms with E-state index in [-0.39, 0.29) is 5.92 Å². The van der Waals surface area contributed by atoms with Crippen LogP contribution in [0.4, 0.5) is 0 Å². The van der Waals surface area contributed by atoms with Gasteiger partial charge in [-0.05, 0) is 43.9 Å². The number of hydrogen-bond donors (Lipinski definition) is 1. The Bertz CT molecular complexity index is 832. The summed E-state index contributed by atoms with van der Waals surface area (Å²) in [4.78, 5) is 13.6. The normalized spacial score (nSPS) is 15.2. The number of rotatable bonds is 8. The third-order valence-electron chi connectivity index (χ3n) is 4.83. The second-order valence-corrected chi connectivity index (χ2v) is 6.73. The number of allylic oxidation sites excluding steroid dienone is 6. The largest absolute Gasteiger partial charge is 0.330 e. The summed E-state index contributed by atoms with van der Waals surface area (Å²) in [6, 6.07) is 1.80. The SMILES string of the molecule is CCC1=CC=C(Cc2nc(C(CC)CCN)n(-c3ncccn3)n2)CC=C1. The number of aromatic nitrogens is 5. The Morgan fingerprint density at radius 2 is 2.00 bits per heavy atom. The van der Waals surface area contributed by atoms with Crippen molar-refractivity contribution < 1.29 is 0 Å². The van der Waals surface area contributed by atoms with Crippen LogP contribution in [-0.4, -0.2) is 31.3 Å². The molecule has 1 atom stereocenters. The molecule has 0 saturated heterocycles. The van der Waals surface area contributed by atoms with Gasteiger partial charge in [0, 0.05) is 24.7 Å². The van der Waals surface area contributed by atoms with E-state index in [1.807, 2.05) is 0 Å². The lowest BCUT2D eigenvalue weighted by Crippen LogP contribution is -2.14. The smallest absolute Gasteiger partial charge is 0.252 e. The number of nitrogens with zero attached hydrogens (tertiary/aromatic N) is 5. The number of hydrogen-bond acceptors (Lipinski definition) is 5. The van der Waals surface area contributed by atoms with E-state index < -0.39 is 0 Å². The van der Waals surface area contributed by atoms with E-state index in [0.29, 0.717) is 12.5 Å². The second kappa shape index (κ2) is 9.37. The summed E-state index contributed by atoms with van der Waals surface area (Å²) in [5.74, 6) is 2.51. The van der Waals surface area contributed by atoms with Crippen LogP contribution >= 0.6 is 0 Å². The van der Waals surface area contributed by atoms with Gasteiger partial charge in [0.05, 0.1) is 0 Å². The van der Waals surface area contributed by atoms with Crippen LogP contribution in [0.2, 0.25) is 0 Å². The van der Waals surface area contributed by atoms with Crippen LogP contribution in [-0.2, 0) is 6.42 Å². The van der Waals surface area contributed by atoms with Gasteiger partial charge in [0.25, 0.3) is 5.95 Å². The zero-order valence-corrected chi connectivity index (χ0v) is 16.2. The Balaban J connectivity index is 1.93. The highest BCUT2D eigenvalue weighted by molar-refractivity contribution is 5.32. The quantitative estimate of drug-likeness (QED) is 0.773. The predicted molar refractivity (Wildman–Crippen MR) is 108 cm³/mol. The van der Waals surface area contributed by atoms with E-state index >= 15 is 0 Å². The van der Waals surface area contributed by atoms with Gasteiger partial charge >= 0.3 is 0 Å². The van der Waals surface area contributed by atoms with Crippen molar-refractivity contribution in [1.29, 1.82) is 0 Å². The van der Waals surface area contributed by atoms with Crippen LogP contribution in [0.5, 0.6) is 0 Å². The Morgan fingerprint density at radius 1 is 1.19 bits per heavy atom. The average Bonchev–Trinajstić information content (AvgIpc) is 2.98. The molecule has 0 bridgehead atoms. The van der Waals surface area contributed by atoms with E-state index in [9.17, 15) is 0 Å². The van der Waals surface area contributed by atoms with Crippen LogP contribution in [0.1, 0.15) is 57.1 Å². The Hall–Kier alpha value is -2.60. The van der Waals surface area contributed by atoms with Crippen molar-refractivity contribution in [2.45, 2.75) is 51.9 Å². The molecule has 2 heterocycles. The van der Waals surface area contributed by atoms with Gasteiger partial charge in [0.2, 0.25) is 0 Å². The molecule has 2 aromatic heterocycles. The minimum Gasteiger partial charge on any atom is -0.330 e. The molecule has 142 valence electrons. The molecule has 6 nitrogen and oxygen atoms in total. The van der Waals surface area contributed by atoms with Crippen LogP contribution in [0.15, 0.2) is 53.9 Å². The van der Waals surface area contributed by atoms with Crippen molar-refractivity contribution in [2.24, 2.45) is 5.73 Å². The fourth-order valence-corrected chi connectivity index (χ4v) is 3.25. The molecular weight excluding hydrogens is 336 g/mol. The van der Waals surface area contributed by atoms with Gasteiger partial charge in [-0.25, -0.2) is 15.0 Å². The van der Waals surface area contributed by atoms with Crippen LogP contribution in [0.3, 0.4) is 0 Å². The summed E-state index contributed by atoms with van der Waals surface area (Å²) in [6.45, 7) is 4.95. The highest BCUT2D eigenvalue weighted by Crippen LogP contribution is 2.24. The van der Waals surface area contributed by atoms with E-state index in [0.717, 1.165) is 43.8 Å². The molecule has 1 unspecified atom stereocenters. The molecule has 0 aliphatic heterocycles. The highest BCUT2D eigenvalue weighted by atomic mass is 15.4. The molecule has 2 N–H and O–H groups in total. The lowest BCUT2D eigenvalue weighted by molar-refractivity contribution is 0.556. The van der Waals surface area contributed by atoms with E-state index in [1.54, 1.807) is 23.1 Å². The summed E-state index contributed by atoms with van der Waals surface area (Å²) in [7, 11) is 0. The lowest BCUT2D eigenvalue weighted by atomic mass is 10.0. The molecule has 0 fully saturated rings. The van der Waals surface area contributed by atoms with Gasteiger partial charge in [-0.15, -0.1) is 5.10 Å². The molecule has 0 amide bonds. The topological polar surface area (TPSA) is 82.5 Å². The zero-order chi connectivity index (χ0) is 19.1. The maximum absolute atomic E-state index is 5.82. The van der Waals surface area contributed by atoms with Crippen molar-refractivity contribution in [3.8, 4) is 5.95 Å². The lowest BCUT2D eigenvalue weighted by Gasteiger charge is -2.13. The molecule has 1 aliphatic rings. The first-order valence-electron chi connectivity index (χ1n) is 9.73. The summed E-state index contributed by atoms with van der Waals surface area (Å²) < 4.78 is 1.79. The molecule has 1 aliphatic carbocycles. The maximum atomic E-state index is 5.82. The standard InChI is InChI=1S/C21H28N6/c1-3-16-7-5-8-17(10-9-16)15-19-25-20(18(4-2)11-12-22)27(26-19)21-23-13-6-14-24-21/h5-7,9-10,13-14,18H,3-4,8,11-12,15,22H2,1-2H3. The molecule has 0 saturated carbocycles. The van der Waals surface area contributed by atoms with Crippen molar-refractivity contribution in [3.05, 3.63) is 65.6 Å². The van der Waals surface area contributed by atoms with Gasteiger partial charge in [-0.3, -0.25) is 0 Å². The van der Waals surface area contributed by atoms with Gasteiger partial charge in [0.1, 0.15) is 5.82 Å². The molecule has 2 aromatic rings. The fraction of sp³-hybridized carbons (Fsp3) is 0.429. The highest BCUT2D eigenvalue weighted by Gasteiger charge is 2.21. The Kier molecular flexibility index (Phi) is 6.65. The van der Waals surface area contributed by atoms with Gasteiger partial charge in [-0.1, -0.05) is 43.7 Å². The minimum atomic E-state index is 0.245. The summed E-state index contributed by atoms with van der Waals surface area (Å²) in [5.41, 5.74) is 8.47. The monoisotopic (exact) mass is 364 g/mol. The third-order valence-corrected chi connectivity index (χ3v) is 4.83. The summed E-state index contributed by atoms with van der Waals surface area (Å²) >= 11 is 0. The molecule has 3 rings (SSSR count). The second-order valence-electron chi connectivity index (χ2n) is 6.73. The van der Waals surface area contributed by atoms with Crippen LogP contribution in [0, 0.1) is 0 Å². The first kappa shape index (κ1) is 19.2. The first-order valence-corrected chi connectivity index (χ1v) is 9.73. The summed E-state index contributed by atoms with van der Waals surface area (Å²) in [5, 5.41) is 4.75. The first-order chi connectivity index (χ1) is 13.2. The van der Waals surface area contributed by atoms with Crippen molar-refractivity contribution >= 4 is 0 Å². The zero-order valence-electron chi connectivity index (χ0n) is 16.2. The fourth-order valence-electron chi connectivity index (χ4n) is 3.25. The molecule has 27 heavy (non-hydrogen) atoms. The number of nitrogens with two attached hydrogens (primary N) is 1. The van der Waals surface area contributed by atoms with E-state index in [2.05, 4.69) is 48.1 Å². The Morgan fingerprint density at radius 3 is 2.70 bits per heavy atom. The minimum absolute atomic E-state index is 0.245. The molecular formula is C21H28N6. The van der Waals surface area contributed by atoms with E-state index in [4.69, 9.17) is 15.8 Å². The molecule has 6 heteroatoms. The molecule has 0 radical (unpaired) electrons. The van der Waals surface area contributed by atoms with Crippen LogP contribution < -0.4 is 5.73 Å². The Labute approximate surface area is 160 Å².